The van der Waals surface area contributed by atoms with Crippen molar-refractivity contribution >= 4 is 5.69 Å². The number of benzene rings is 1. The molecular weight excluding hydrogens is 196 g/mol. The lowest BCUT2D eigenvalue weighted by Gasteiger charge is -2.14. The molecule has 0 aliphatic carbocycles. The van der Waals surface area contributed by atoms with Gasteiger partial charge in [-0.2, -0.15) is 0 Å². The molecule has 0 spiro atoms. The van der Waals surface area contributed by atoms with E-state index in [1.807, 2.05) is 0 Å². The van der Waals surface area contributed by atoms with Gasteiger partial charge in [0, 0.05) is 18.7 Å². The Morgan fingerprint density at radius 3 is 2.80 bits per heavy atom. The predicted molar refractivity (Wildman–Crippen MR) is 54.4 cm³/mol. The van der Waals surface area contributed by atoms with E-state index in [1.54, 1.807) is 18.2 Å². The van der Waals surface area contributed by atoms with Crippen LogP contribution in [0.5, 0.6) is 0 Å². The third-order valence-corrected chi connectivity index (χ3v) is 2.58. The van der Waals surface area contributed by atoms with Crippen LogP contribution >= 0.6 is 0 Å². The molecule has 80 valence electrons. The van der Waals surface area contributed by atoms with Crippen LogP contribution in [0.4, 0.5) is 5.69 Å². The molecule has 2 N–H and O–H groups in total. The van der Waals surface area contributed by atoms with Gasteiger partial charge in [-0.25, -0.2) is 0 Å². The molecule has 15 heavy (non-hydrogen) atoms. The summed E-state index contributed by atoms with van der Waals surface area (Å²) in [5.74, 6) is 0. The molecule has 0 bridgehead atoms. The minimum absolute atomic E-state index is 0.0832. The molecule has 0 amide bonds. The van der Waals surface area contributed by atoms with Gasteiger partial charge in [0.2, 0.25) is 0 Å². The first-order valence-corrected chi connectivity index (χ1v) is 4.80. The summed E-state index contributed by atoms with van der Waals surface area (Å²) in [6, 6.07) is 6.43. The van der Waals surface area contributed by atoms with E-state index in [0.717, 1.165) is 6.42 Å². The Bertz CT molecular complexity index is 381. The lowest BCUT2D eigenvalue weighted by atomic mass is 10.0. The van der Waals surface area contributed by atoms with Crippen molar-refractivity contribution in [2.75, 3.05) is 6.61 Å². The van der Waals surface area contributed by atoms with Crippen molar-refractivity contribution in [3.63, 3.8) is 0 Å². The number of nitro benzene ring substituents is 1. The van der Waals surface area contributed by atoms with Crippen molar-refractivity contribution in [3.8, 4) is 0 Å². The van der Waals surface area contributed by atoms with Gasteiger partial charge in [-0.3, -0.25) is 10.1 Å². The standard InChI is InChI=1S/C10H12N2O3/c11-8-5-6-15-10(8)7-3-1-2-4-9(7)12(13)14/h1-4,8,10H,5-6,11H2. The van der Waals surface area contributed by atoms with Gasteiger partial charge in [0.05, 0.1) is 10.5 Å². The Morgan fingerprint density at radius 2 is 2.20 bits per heavy atom. The van der Waals surface area contributed by atoms with E-state index in [4.69, 9.17) is 10.5 Å². The molecule has 1 saturated heterocycles. The van der Waals surface area contributed by atoms with Crippen LogP contribution in [0.2, 0.25) is 0 Å². The van der Waals surface area contributed by atoms with E-state index >= 15 is 0 Å². The largest absolute Gasteiger partial charge is 0.372 e. The van der Waals surface area contributed by atoms with Crippen LogP contribution in [0, 0.1) is 10.1 Å². The monoisotopic (exact) mass is 208 g/mol. The normalized spacial score (nSPS) is 25.4. The molecule has 5 nitrogen and oxygen atoms in total. The average molecular weight is 208 g/mol. The highest BCUT2D eigenvalue weighted by molar-refractivity contribution is 5.42. The minimum atomic E-state index is -0.399. The first-order chi connectivity index (χ1) is 7.20. The van der Waals surface area contributed by atoms with E-state index < -0.39 is 4.92 Å². The molecule has 1 aliphatic rings. The maximum atomic E-state index is 10.8. The molecule has 0 radical (unpaired) electrons. The lowest BCUT2D eigenvalue weighted by Crippen LogP contribution is -2.24. The number of ether oxygens (including phenoxy) is 1. The molecule has 1 aliphatic heterocycles. The van der Waals surface area contributed by atoms with Gasteiger partial charge in [-0.1, -0.05) is 12.1 Å². The van der Waals surface area contributed by atoms with E-state index in [9.17, 15) is 10.1 Å². The van der Waals surface area contributed by atoms with Gasteiger partial charge in [0.25, 0.3) is 5.69 Å². The molecular formula is C10H12N2O3. The third-order valence-electron chi connectivity index (χ3n) is 2.58. The summed E-state index contributed by atoms with van der Waals surface area (Å²) in [6.45, 7) is 0.567. The van der Waals surface area contributed by atoms with Gasteiger partial charge in [0.15, 0.2) is 0 Å². The van der Waals surface area contributed by atoms with Crippen LogP contribution < -0.4 is 5.73 Å². The van der Waals surface area contributed by atoms with Crippen molar-refractivity contribution in [3.05, 3.63) is 39.9 Å². The van der Waals surface area contributed by atoms with Crippen molar-refractivity contribution in [1.29, 1.82) is 0 Å². The summed E-state index contributed by atoms with van der Waals surface area (Å²) >= 11 is 0. The number of hydrogen-bond acceptors (Lipinski definition) is 4. The topological polar surface area (TPSA) is 78.4 Å². The molecule has 5 heteroatoms. The fraction of sp³-hybridized carbons (Fsp3) is 0.400. The maximum absolute atomic E-state index is 10.8. The number of para-hydroxylation sites is 1. The first-order valence-electron chi connectivity index (χ1n) is 4.80. The van der Waals surface area contributed by atoms with E-state index in [-0.39, 0.29) is 17.8 Å². The predicted octanol–water partition coefficient (Wildman–Crippen LogP) is 1.38. The van der Waals surface area contributed by atoms with Gasteiger partial charge in [-0.05, 0) is 12.5 Å². The zero-order chi connectivity index (χ0) is 10.8. The maximum Gasteiger partial charge on any atom is 0.275 e. The summed E-state index contributed by atoms with van der Waals surface area (Å²) in [6.07, 6.45) is 0.406. The molecule has 0 aromatic heterocycles. The number of hydrogen-bond donors (Lipinski definition) is 1. The van der Waals surface area contributed by atoms with Gasteiger partial charge in [-0.15, -0.1) is 0 Å². The SMILES string of the molecule is NC1CCOC1c1ccccc1[N+](=O)[O-]. The molecule has 1 heterocycles. The van der Waals surface area contributed by atoms with Crippen LogP contribution in [0.3, 0.4) is 0 Å². The summed E-state index contributed by atoms with van der Waals surface area (Å²) in [4.78, 5) is 10.4. The Kier molecular flexibility index (Phi) is 2.66. The van der Waals surface area contributed by atoms with Crippen LogP contribution in [0.15, 0.2) is 24.3 Å². The average Bonchev–Trinajstić information content (AvgIpc) is 2.64. The highest BCUT2D eigenvalue weighted by atomic mass is 16.6. The Morgan fingerprint density at radius 1 is 1.47 bits per heavy atom. The van der Waals surface area contributed by atoms with Crippen molar-refractivity contribution in [2.24, 2.45) is 5.73 Å². The van der Waals surface area contributed by atoms with Crippen molar-refractivity contribution in [1.82, 2.24) is 0 Å². The second-order valence-corrected chi connectivity index (χ2v) is 3.56. The van der Waals surface area contributed by atoms with Crippen LogP contribution in [-0.4, -0.2) is 17.6 Å². The minimum Gasteiger partial charge on any atom is -0.372 e. The van der Waals surface area contributed by atoms with Gasteiger partial charge >= 0.3 is 0 Å². The Labute approximate surface area is 87.0 Å². The quantitative estimate of drug-likeness (QED) is 0.588. The zero-order valence-corrected chi connectivity index (χ0v) is 8.13. The summed E-state index contributed by atoms with van der Waals surface area (Å²) in [5, 5.41) is 10.8. The van der Waals surface area contributed by atoms with E-state index in [2.05, 4.69) is 0 Å². The molecule has 2 atom stereocenters. The van der Waals surface area contributed by atoms with Crippen molar-refractivity contribution in [2.45, 2.75) is 18.6 Å². The molecule has 0 saturated carbocycles. The summed E-state index contributed by atoms with van der Waals surface area (Å²) in [5.41, 5.74) is 6.49. The second kappa shape index (κ2) is 3.96. The number of nitrogens with zero attached hydrogens (tertiary/aromatic N) is 1. The number of rotatable bonds is 2. The molecule has 2 unspecified atom stereocenters. The second-order valence-electron chi connectivity index (χ2n) is 3.56. The van der Waals surface area contributed by atoms with Gasteiger partial charge < -0.3 is 10.5 Å². The van der Waals surface area contributed by atoms with Gasteiger partial charge in [0.1, 0.15) is 6.10 Å². The highest BCUT2D eigenvalue weighted by Gasteiger charge is 2.31. The number of nitro groups is 1. The molecule has 1 aromatic carbocycles. The summed E-state index contributed by atoms with van der Waals surface area (Å²) < 4.78 is 5.41. The fourth-order valence-electron chi connectivity index (χ4n) is 1.82. The molecule has 1 fully saturated rings. The lowest BCUT2D eigenvalue weighted by molar-refractivity contribution is -0.386. The number of nitrogens with two attached hydrogens (primary N) is 1. The van der Waals surface area contributed by atoms with Crippen LogP contribution in [0.1, 0.15) is 18.1 Å². The van der Waals surface area contributed by atoms with E-state index in [0.29, 0.717) is 12.2 Å². The van der Waals surface area contributed by atoms with E-state index in [1.165, 1.54) is 6.07 Å². The van der Waals surface area contributed by atoms with Crippen molar-refractivity contribution < 1.29 is 9.66 Å². The Balaban J connectivity index is 2.38. The summed E-state index contributed by atoms with van der Waals surface area (Å²) in [7, 11) is 0. The smallest absolute Gasteiger partial charge is 0.275 e. The fourth-order valence-corrected chi connectivity index (χ4v) is 1.82. The first kappa shape index (κ1) is 10.1. The zero-order valence-electron chi connectivity index (χ0n) is 8.13. The molecule has 1 aromatic rings. The highest BCUT2D eigenvalue weighted by Crippen LogP contribution is 2.33. The third kappa shape index (κ3) is 1.84. The van der Waals surface area contributed by atoms with Crippen LogP contribution in [-0.2, 0) is 4.74 Å². The Hall–Kier alpha value is -1.46. The van der Waals surface area contributed by atoms with Crippen LogP contribution in [0.25, 0.3) is 0 Å². The molecule has 2 rings (SSSR count).